The van der Waals surface area contributed by atoms with E-state index in [4.69, 9.17) is 10.1 Å². The van der Waals surface area contributed by atoms with Gasteiger partial charge >= 0.3 is 5.97 Å². The molecule has 174 valence electrons. The Bertz CT molecular complexity index is 1110. The van der Waals surface area contributed by atoms with E-state index in [-0.39, 0.29) is 24.3 Å². The van der Waals surface area contributed by atoms with Crippen LogP contribution in [0.25, 0.3) is 22.2 Å². The molecule has 8 nitrogen and oxygen atoms in total. The predicted molar refractivity (Wildman–Crippen MR) is 127 cm³/mol. The van der Waals surface area contributed by atoms with Gasteiger partial charge in [-0.1, -0.05) is 49.2 Å². The third-order valence-corrected chi connectivity index (χ3v) is 6.30. The van der Waals surface area contributed by atoms with Crippen LogP contribution in [-0.4, -0.2) is 57.2 Å². The molecule has 3 aromatic rings. The summed E-state index contributed by atoms with van der Waals surface area (Å²) >= 11 is 0. The first-order chi connectivity index (χ1) is 16.0. The van der Waals surface area contributed by atoms with Crippen molar-refractivity contribution in [2.75, 3.05) is 20.1 Å². The maximum atomic E-state index is 12.9. The van der Waals surface area contributed by atoms with E-state index in [2.05, 4.69) is 44.7 Å². The number of hydrogen-bond acceptors (Lipinski definition) is 5. The minimum Gasteiger partial charge on any atom is -0.481 e. The number of carboxylic acids is 1. The van der Waals surface area contributed by atoms with E-state index in [0.29, 0.717) is 24.5 Å². The summed E-state index contributed by atoms with van der Waals surface area (Å²) in [6, 6.07) is 14.0. The topological polar surface area (TPSA) is 111 Å². The maximum Gasteiger partial charge on any atom is 0.303 e. The summed E-state index contributed by atoms with van der Waals surface area (Å²) in [6.45, 7) is 1.68. The zero-order valence-electron chi connectivity index (χ0n) is 19.0. The molecule has 1 saturated heterocycles. The monoisotopic (exact) mass is 449 g/mol. The lowest BCUT2D eigenvalue weighted by molar-refractivity contribution is -0.137. The van der Waals surface area contributed by atoms with E-state index in [1.807, 2.05) is 25.2 Å². The molecule has 1 aliphatic rings. The summed E-state index contributed by atoms with van der Waals surface area (Å²) in [5.74, 6) is 0.476. The molecule has 2 aromatic carbocycles. The van der Waals surface area contributed by atoms with Crippen molar-refractivity contribution in [2.24, 2.45) is 5.92 Å². The van der Waals surface area contributed by atoms with Crippen LogP contribution in [0.2, 0.25) is 0 Å². The fraction of sp³-hybridized carbons (Fsp3) is 0.440. The van der Waals surface area contributed by atoms with Gasteiger partial charge in [0, 0.05) is 18.5 Å². The molecular formula is C25H31N5O3. The zero-order valence-corrected chi connectivity index (χ0v) is 19.0. The number of aliphatic carboxylic acids is 1. The van der Waals surface area contributed by atoms with Crippen LogP contribution in [0.1, 0.15) is 50.4 Å². The minimum absolute atomic E-state index is 0.0209. The van der Waals surface area contributed by atoms with Crippen molar-refractivity contribution < 1.29 is 14.7 Å². The number of hydrogen-bond donors (Lipinski definition) is 3. The first-order valence-electron chi connectivity index (χ1n) is 11.6. The highest BCUT2D eigenvalue weighted by Gasteiger charge is 2.29. The van der Waals surface area contributed by atoms with Crippen LogP contribution in [-0.2, 0) is 9.59 Å². The van der Waals surface area contributed by atoms with Gasteiger partial charge in [-0.05, 0) is 49.7 Å². The molecule has 0 saturated carbocycles. The first kappa shape index (κ1) is 22.9. The largest absolute Gasteiger partial charge is 0.481 e. The molecule has 0 unspecified atom stereocenters. The number of unbranched alkanes of at least 4 members (excludes halogenated alkanes) is 2. The van der Waals surface area contributed by atoms with Gasteiger partial charge in [-0.15, -0.1) is 0 Å². The van der Waals surface area contributed by atoms with Gasteiger partial charge in [0.25, 0.3) is 0 Å². The van der Waals surface area contributed by atoms with E-state index >= 15 is 0 Å². The number of amides is 1. The third-order valence-electron chi connectivity index (χ3n) is 6.30. The number of H-pyrrole nitrogens is 1. The Kier molecular flexibility index (Phi) is 7.34. The fourth-order valence-corrected chi connectivity index (χ4v) is 4.40. The summed E-state index contributed by atoms with van der Waals surface area (Å²) in [5, 5.41) is 21.8. The Morgan fingerprint density at radius 2 is 2.00 bits per heavy atom. The Labute approximate surface area is 193 Å². The number of nitrogens with zero attached hydrogens (tertiary/aromatic N) is 3. The molecular weight excluding hydrogens is 418 g/mol. The number of aromatic nitrogens is 3. The molecule has 0 bridgehead atoms. The highest BCUT2D eigenvalue weighted by molar-refractivity contribution is 5.86. The summed E-state index contributed by atoms with van der Waals surface area (Å²) in [5.41, 5.74) is 0.917. The lowest BCUT2D eigenvalue weighted by Gasteiger charge is -2.19. The molecule has 2 atom stereocenters. The van der Waals surface area contributed by atoms with Crippen LogP contribution >= 0.6 is 0 Å². The molecule has 1 amide bonds. The number of fused-ring (bicyclic) bond motifs is 1. The second-order valence-corrected chi connectivity index (χ2v) is 8.91. The molecule has 0 radical (unpaired) electrons. The van der Waals surface area contributed by atoms with E-state index < -0.39 is 5.97 Å². The van der Waals surface area contributed by atoms with Crippen LogP contribution < -0.4 is 5.32 Å². The van der Waals surface area contributed by atoms with E-state index in [0.717, 1.165) is 48.7 Å². The minimum atomic E-state index is -0.777. The summed E-state index contributed by atoms with van der Waals surface area (Å²) < 4.78 is 0. The van der Waals surface area contributed by atoms with Gasteiger partial charge in [-0.3, -0.25) is 14.7 Å². The Morgan fingerprint density at radius 3 is 2.76 bits per heavy atom. The van der Waals surface area contributed by atoms with Crippen LogP contribution in [0.4, 0.5) is 0 Å². The molecule has 0 spiro atoms. The van der Waals surface area contributed by atoms with Crippen molar-refractivity contribution in [3.63, 3.8) is 0 Å². The van der Waals surface area contributed by atoms with Gasteiger partial charge < -0.3 is 15.3 Å². The molecule has 33 heavy (non-hydrogen) atoms. The number of nitrogens with one attached hydrogen (secondary N) is 2. The normalized spacial score (nSPS) is 17.3. The molecule has 8 heteroatoms. The van der Waals surface area contributed by atoms with Crippen molar-refractivity contribution in [3.05, 3.63) is 48.3 Å². The Hall–Kier alpha value is -3.26. The quantitative estimate of drug-likeness (QED) is 0.406. The van der Waals surface area contributed by atoms with E-state index in [9.17, 15) is 9.59 Å². The van der Waals surface area contributed by atoms with Gasteiger partial charge in [0.2, 0.25) is 5.91 Å². The molecule has 0 aliphatic carbocycles. The molecule has 1 fully saturated rings. The van der Waals surface area contributed by atoms with Crippen molar-refractivity contribution in [2.45, 2.75) is 44.6 Å². The first-order valence-corrected chi connectivity index (χ1v) is 11.6. The van der Waals surface area contributed by atoms with Crippen molar-refractivity contribution >= 4 is 22.6 Å². The van der Waals surface area contributed by atoms with Gasteiger partial charge in [0.05, 0.1) is 12.0 Å². The highest BCUT2D eigenvalue weighted by atomic mass is 16.4. The van der Waals surface area contributed by atoms with Crippen molar-refractivity contribution in [1.82, 2.24) is 25.4 Å². The number of benzene rings is 2. The zero-order chi connectivity index (χ0) is 23.2. The second kappa shape index (κ2) is 10.6. The molecule has 1 aromatic heterocycles. The Morgan fingerprint density at radius 1 is 1.18 bits per heavy atom. The highest BCUT2D eigenvalue weighted by Crippen LogP contribution is 2.25. The number of rotatable bonds is 10. The van der Waals surface area contributed by atoms with Gasteiger partial charge in [-0.2, -0.15) is 5.10 Å². The van der Waals surface area contributed by atoms with Gasteiger partial charge in [0.1, 0.15) is 5.82 Å². The number of carbonyl (C=O) groups is 2. The summed E-state index contributed by atoms with van der Waals surface area (Å²) in [4.78, 5) is 30.6. The lowest BCUT2D eigenvalue weighted by Crippen LogP contribution is -2.35. The predicted octanol–water partition coefficient (Wildman–Crippen LogP) is 3.77. The summed E-state index contributed by atoms with van der Waals surface area (Å²) in [7, 11) is 2.03. The van der Waals surface area contributed by atoms with Crippen molar-refractivity contribution in [1.29, 1.82) is 0 Å². The van der Waals surface area contributed by atoms with Crippen LogP contribution in [0.5, 0.6) is 0 Å². The average Bonchev–Trinajstić information content (AvgIpc) is 3.47. The average molecular weight is 450 g/mol. The number of carboxylic acid groups (broad SMARTS) is 1. The molecule has 3 N–H and O–H groups in total. The van der Waals surface area contributed by atoms with E-state index in [1.54, 1.807) is 0 Å². The van der Waals surface area contributed by atoms with Gasteiger partial charge in [-0.25, -0.2) is 4.98 Å². The van der Waals surface area contributed by atoms with E-state index in [1.165, 1.54) is 0 Å². The van der Waals surface area contributed by atoms with Crippen LogP contribution in [0, 0.1) is 5.92 Å². The molecule has 4 rings (SSSR count). The molecule has 1 aliphatic heterocycles. The maximum absolute atomic E-state index is 12.9. The third kappa shape index (κ3) is 5.96. The standard InChI is InChI=1S/C25H31N5O3/c1-30-14-13-20(16-30)25(33)26-21(9-3-2-4-10-22(31)32)24-27-23(28-29-24)19-12-11-17-7-5-6-8-18(17)15-19/h5-8,11-12,15,20-21H,2-4,9-10,13-14,16H2,1H3,(H,26,33)(H,31,32)(H,27,28,29)/t20-,21-/m0/s1. The number of aromatic amines is 1. The molecule has 2 heterocycles. The SMILES string of the molecule is CN1CC[C@H](C(=O)N[C@@H](CCCCCC(=O)O)c2nc(-c3ccc4ccccc4c3)n[nH]2)C1. The smallest absolute Gasteiger partial charge is 0.303 e. The number of carbonyl (C=O) groups excluding carboxylic acids is 1. The fourth-order valence-electron chi connectivity index (χ4n) is 4.40. The number of likely N-dealkylation sites (tertiary alicyclic amines) is 1. The van der Waals surface area contributed by atoms with Gasteiger partial charge in [0.15, 0.2) is 5.82 Å². The van der Waals surface area contributed by atoms with Crippen LogP contribution in [0.15, 0.2) is 42.5 Å². The lowest BCUT2D eigenvalue weighted by atomic mass is 10.0. The second-order valence-electron chi connectivity index (χ2n) is 8.91. The Balaban J connectivity index is 1.48. The van der Waals surface area contributed by atoms with Crippen LogP contribution in [0.3, 0.4) is 0 Å². The summed E-state index contributed by atoms with van der Waals surface area (Å²) in [6.07, 6.45) is 3.92. The van der Waals surface area contributed by atoms with Crippen molar-refractivity contribution in [3.8, 4) is 11.4 Å².